The molecule has 1 aromatic carbocycles. The van der Waals surface area contributed by atoms with Gasteiger partial charge in [-0.1, -0.05) is 13.0 Å². The monoisotopic (exact) mass is 327 g/mol. The van der Waals surface area contributed by atoms with Crippen molar-refractivity contribution < 1.29 is 18.4 Å². The van der Waals surface area contributed by atoms with E-state index in [4.69, 9.17) is 0 Å². The molecule has 0 saturated heterocycles. The summed E-state index contributed by atoms with van der Waals surface area (Å²) in [5, 5.41) is 7.84. The maximum Gasteiger partial charge on any atom is 0.315 e. The second-order valence-electron chi connectivity index (χ2n) is 5.55. The van der Waals surface area contributed by atoms with Crippen LogP contribution in [0, 0.1) is 11.6 Å². The summed E-state index contributed by atoms with van der Waals surface area (Å²) in [4.78, 5) is 23.7. The maximum absolute atomic E-state index is 13.2. The molecule has 0 aliphatic rings. The van der Waals surface area contributed by atoms with Crippen LogP contribution in [0.3, 0.4) is 0 Å². The van der Waals surface area contributed by atoms with Gasteiger partial charge < -0.3 is 16.0 Å². The lowest BCUT2D eigenvalue weighted by Crippen LogP contribution is -2.50. The number of nitrogens with one attached hydrogen (secondary N) is 3. The summed E-state index contributed by atoms with van der Waals surface area (Å²) in [5.74, 6) is -2.20. The molecule has 0 fully saturated rings. The summed E-state index contributed by atoms with van der Waals surface area (Å²) in [6, 6.07) is 1.64. The van der Waals surface area contributed by atoms with Crippen LogP contribution in [-0.2, 0) is 4.79 Å². The minimum absolute atomic E-state index is 0.0240. The van der Waals surface area contributed by atoms with Crippen molar-refractivity contribution in [1.82, 2.24) is 16.0 Å². The number of halogens is 2. The Balaban J connectivity index is 2.55. The third-order valence-electron chi connectivity index (χ3n) is 3.53. The Hall–Kier alpha value is -2.18. The van der Waals surface area contributed by atoms with Crippen LogP contribution in [0.2, 0.25) is 0 Å². The Morgan fingerprint density at radius 1 is 1.04 bits per heavy atom. The van der Waals surface area contributed by atoms with Gasteiger partial charge in [-0.25, -0.2) is 13.6 Å². The van der Waals surface area contributed by atoms with Crippen molar-refractivity contribution in [3.63, 3.8) is 0 Å². The lowest BCUT2D eigenvalue weighted by molar-refractivity contribution is -0.123. The van der Waals surface area contributed by atoms with Crippen molar-refractivity contribution in [3.05, 3.63) is 35.4 Å². The van der Waals surface area contributed by atoms with Crippen molar-refractivity contribution in [3.8, 4) is 0 Å². The second kappa shape index (κ2) is 8.45. The van der Waals surface area contributed by atoms with Crippen LogP contribution >= 0.6 is 0 Å². The average molecular weight is 327 g/mol. The first kappa shape index (κ1) is 18.9. The number of hydrogen-bond acceptors (Lipinski definition) is 2. The smallest absolute Gasteiger partial charge is 0.315 e. The fourth-order valence-corrected chi connectivity index (χ4v) is 1.84. The molecular weight excluding hydrogens is 304 g/mol. The quantitative estimate of drug-likeness (QED) is 0.752. The Labute approximate surface area is 134 Å². The molecule has 7 heteroatoms. The van der Waals surface area contributed by atoms with Crippen molar-refractivity contribution in [2.24, 2.45) is 0 Å². The second-order valence-corrected chi connectivity index (χ2v) is 5.55. The van der Waals surface area contributed by atoms with Gasteiger partial charge in [0.15, 0.2) is 11.6 Å². The van der Waals surface area contributed by atoms with E-state index in [1.807, 2.05) is 13.8 Å². The van der Waals surface area contributed by atoms with Crippen molar-refractivity contribution >= 4 is 11.9 Å². The fourth-order valence-electron chi connectivity index (χ4n) is 1.84. The number of urea groups is 1. The molecule has 0 aliphatic carbocycles. The van der Waals surface area contributed by atoms with Crippen LogP contribution in [-0.4, -0.2) is 24.0 Å². The zero-order valence-electron chi connectivity index (χ0n) is 13.7. The number of rotatable bonds is 6. The molecule has 23 heavy (non-hydrogen) atoms. The molecule has 0 aliphatic heterocycles. The molecule has 0 aromatic heterocycles. The van der Waals surface area contributed by atoms with E-state index in [-0.39, 0.29) is 11.9 Å². The third-order valence-corrected chi connectivity index (χ3v) is 3.53. The Bertz CT molecular complexity index is 566. The van der Waals surface area contributed by atoms with Gasteiger partial charge >= 0.3 is 6.03 Å². The van der Waals surface area contributed by atoms with Crippen LogP contribution in [0.25, 0.3) is 0 Å². The first-order chi connectivity index (χ1) is 10.7. The predicted octanol–water partition coefficient (Wildman–Crippen LogP) is 2.63. The highest BCUT2D eigenvalue weighted by atomic mass is 19.2. The first-order valence-electron chi connectivity index (χ1n) is 7.57. The number of hydrogen-bond donors (Lipinski definition) is 3. The molecule has 0 saturated carbocycles. The van der Waals surface area contributed by atoms with E-state index in [1.54, 1.807) is 13.8 Å². The normalized spacial score (nSPS) is 14.5. The van der Waals surface area contributed by atoms with Crippen LogP contribution < -0.4 is 16.0 Å². The first-order valence-corrected chi connectivity index (χ1v) is 7.57. The van der Waals surface area contributed by atoms with Gasteiger partial charge in [0.05, 0.1) is 6.04 Å². The SMILES string of the molecule is CC[C@H](C)NC(=O)[C@H](C)NC(=O)N[C@@H](C)c1ccc(F)c(F)c1. The summed E-state index contributed by atoms with van der Waals surface area (Å²) >= 11 is 0. The largest absolute Gasteiger partial charge is 0.352 e. The molecule has 3 N–H and O–H groups in total. The van der Waals surface area contributed by atoms with Gasteiger partial charge in [-0.05, 0) is 44.9 Å². The van der Waals surface area contributed by atoms with Gasteiger partial charge in [-0.15, -0.1) is 0 Å². The zero-order valence-corrected chi connectivity index (χ0v) is 13.7. The van der Waals surface area contributed by atoms with E-state index in [2.05, 4.69) is 16.0 Å². The molecule has 1 rings (SSSR count). The molecule has 128 valence electrons. The van der Waals surface area contributed by atoms with Gasteiger partial charge in [0.1, 0.15) is 6.04 Å². The summed E-state index contributed by atoms with van der Waals surface area (Å²) in [6.45, 7) is 7.02. The molecule has 3 amide bonds. The molecule has 0 unspecified atom stereocenters. The van der Waals surface area contributed by atoms with Gasteiger partial charge in [0.25, 0.3) is 0 Å². The average Bonchev–Trinajstić information content (AvgIpc) is 2.49. The van der Waals surface area contributed by atoms with E-state index in [9.17, 15) is 18.4 Å². The van der Waals surface area contributed by atoms with Crippen molar-refractivity contribution in [2.45, 2.75) is 52.2 Å². The molecular formula is C16H23F2N3O2. The number of carbonyl (C=O) groups excluding carboxylic acids is 2. The summed E-state index contributed by atoms with van der Waals surface area (Å²) in [7, 11) is 0. The van der Waals surface area contributed by atoms with Gasteiger partial charge in [-0.2, -0.15) is 0 Å². The number of carbonyl (C=O) groups is 2. The molecule has 3 atom stereocenters. The summed E-state index contributed by atoms with van der Waals surface area (Å²) in [5.41, 5.74) is 0.427. The summed E-state index contributed by atoms with van der Waals surface area (Å²) in [6.07, 6.45) is 0.790. The minimum atomic E-state index is -0.974. The van der Waals surface area contributed by atoms with E-state index >= 15 is 0 Å². The van der Waals surface area contributed by atoms with Gasteiger partial charge in [0.2, 0.25) is 5.91 Å². The highest BCUT2D eigenvalue weighted by Crippen LogP contribution is 2.15. The van der Waals surface area contributed by atoms with E-state index in [0.29, 0.717) is 5.56 Å². The number of benzene rings is 1. The van der Waals surface area contributed by atoms with E-state index in [1.165, 1.54) is 6.07 Å². The zero-order chi connectivity index (χ0) is 17.6. The molecule has 5 nitrogen and oxygen atoms in total. The fraction of sp³-hybridized carbons (Fsp3) is 0.500. The molecule has 0 spiro atoms. The lowest BCUT2D eigenvalue weighted by atomic mass is 10.1. The maximum atomic E-state index is 13.2. The molecule has 1 aromatic rings. The standard InChI is InChI=1S/C16H23F2N3O2/c1-5-9(2)19-15(22)11(4)21-16(23)20-10(3)12-6-7-13(17)14(18)8-12/h6-11H,5H2,1-4H3,(H,19,22)(H2,20,21,23)/t9-,10-,11-/m0/s1. The van der Waals surface area contributed by atoms with Crippen LogP contribution in [0.15, 0.2) is 18.2 Å². The van der Waals surface area contributed by atoms with Crippen molar-refractivity contribution in [2.75, 3.05) is 0 Å². The van der Waals surface area contributed by atoms with E-state index in [0.717, 1.165) is 18.6 Å². The Kier molecular flexibility index (Phi) is 6.93. The summed E-state index contributed by atoms with van der Waals surface area (Å²) < 4.78 is 26.1. The number of amides is 3. The van der Waals surface area contributed by atoms with Crippen LogP contribution in [0.4, 0.5) is 13.6 Å². The Morgan fingerprint density at radius 2 is 1.70 bits per heavy atom. The van der Waals surface area contributed by atoms with Crippen LogP contribution in [0.1, 0.15) is 45.7 Å². The lowest BCUT2D eigenvalue weighted by Gasteiger charge is -2.20. The highest BCUT2D eigenvalue weighted by Gasteiger charge is 2.18. The molecule has 0 heterocycles. The van der Waals surface area contributed by atoms with E-state index < -0.39 is 29.7 Å². The topological polar surface area (TPSA) is 70.2 Å². The van der Waals surface area contributed by atoms with Gasteiger partial charge in [-0.3, -0.25) is 4.79 Å². The van der Waals surface area contributed by atoms with Crippen molar-refractivity contribution in [1.29, 1.82) is 0 Å². The van der Waals surface area contributed by atoms with Gasteiger partial charge in [0, 0.05) is 6.04 Å². The Morgan fingerprint density at radius 3 is 2.26 bits per heavy atom. The molecule has 0 bridgehead atoms. The minimum Gasteiger partial charge on any atom is -0.352 e. The van der Waals surface area contributed by atoms with Crippen LogP contribution in [0.5, 0.6) is 0 Å². The highest BCUT2D eigenvalue weighted by molar-refractivity contribution is 5.86. The third kappa shape index (κ3) is 5.84. The predicted molar refractivity (Wildman–Crippen MR) is 83.8 cm³/mol. The molecule has 0 radical (unpaired) electrons.